The number of aromatic nitrogens is 1. The molecule has 0 unspecified atom stereocenters. The lowest BCUT2D eigenvalue weighted by Gasteiger charge is -2.11. The zero-order valence-corrected chi connectivity index (χ0v) is 21.1. The summed E-state index contributed by atoms with van der Waals surface area (Å²) in [6.07, 6.45) is 5.65. The van der Waals surface area contributed by atoms with E-state index >= 15 is 0 Å². The van der Waals surface area contributed by atoms with E-state index in [1.807, 2.05) is 18.2 Å². The molecule has 6 nitrogen and oxygen atoms in total. The van der Waals surface area contributed by atoms with Crippen LogP contribution >= 0.6 is 34.5 Å². The molecule has 0 aliphatic carbocycles. The van der Waals surface area contributed by atoms with Gasteiger partial charge in [-0.25, -0.2) is 4.98 Å². The van der Waals surface area contributed by atoms with Crippen LogP contribution in [0.25, 0.3) is 6.08 Å². The second-order valence-corrected chi connectivity index (χ2v) is 9.16. The fraction of sp³-hybridized carbons (Fsp3) is 0.240. The molecule has 1 amide bonds. The second kappa shape index (κ2) is 12.4. The van der Waals surface area contributed by atoms with Gasteiger partial charge in [-0.15, -0.1) is 11.3 Å². The standard InChI is InChI=1S/C25H23Cl2N3O3S/c1-3-4-10-33-21-9-8-16(12-22(21)32-2)11-18(14-28)24(31)30-25-29-15-19(34-25)13-17-6-5-7-20(26)23(17)27/h5-9,11-12,15H,3-4,10,13H2,1-2H3,(H,29,30,31)/b18-11+. The van der Waals surface area contributed by atoms with Crippen molar-refractivity contribution in [2.24, 2.45) is 0 Å². The predicted molar refractivity (Wildman–Crippen MR) is 137 cm³/mol. The molecule has 3 rings (SSSR count). The van der Waals surface area contributed by atoms with Gasteiger partial charge in [0.05, 0.1) is 23.8 Å². The molecule has 0 atom stereocenters. The van der Waals surface area contributed by atoms with Gasteiger partial charge in [0.25, 0.3) is 5.91 Å². The lowest BCUT2D eigenvalue weighted by Crippen LogP contribution is -2.13. The lowest BCUT2D eigenvalue weighted by atomic mass is 10.1. The average Bonchev–Trinajstić information content (AvgIpc) is 3.27. The number of benzene rings is 2. The summed E-state index contributed by atoms with van der Waals surface area (Å²) in [5.41, 5.74) is 1.45. The summed E-state index contributed by atoms with van der Waals surface area (Å²) < 4.78 is 11.1. The number of anilines is 1. The number of hydrogen-bond acceptors (Lipinski definition) is 6. The van der Waals surface area contributed by atoms with Gasteiger partial charge in [0.1, 0.15) is 11.6 Å². The van der Waals surface area contributed by atoms with E-state index in [0.29, 0.717) is 45.3 Å². The smallest absolute Gasteiger partial charge is 0.268 e. The number of hydrogen-bond donors (Lipinski definition) is 1. The normalized spacial score (nSPS) is 11.1. The molecular formula is C25H23Cl2N3O3S. The number of nitrogens with zero attached hydrogens (tertiary/aromatic N) is 2. The number of thiazole rings is 1. The van der Waals surface area contributed by atoms with Gasteiger partial charge in [-0.2, -0.15) is 5.26 Å². The van der Waals surface area contributed by atoms with E-state index in [0.717, 1.165) is 23.3 Å². The first-order chi connectivity index (χ1) is 16.4. The van der Waals surface area contributed by atoms with Crippen LogP contribution in [0.3, 0.4) is 0 Å². The minimum atomic E-state index is -0.550. The fourth-order valence-electron chi connectivity index (χ4n) is 3.02. The molecule has 1 N–H and O–H groups in total. The van der Waals surface area contributed by atoms with Gasteiger partial charge in [0, 0.05) is 17.5 Å². The molecule has 1 aromatic heterocycles. The Labute approximate surface area is 212 Å². The van der Waals surface area contributed by atoms with Gasteiger partial charge < -0.3 is 9.47 Å². The number of nitrogens with one attached hydrogen (secondary N) is 1. The Kier molecular flexibility index (Phi) is 9.34. The summed E-state index contributed by atoms with van der Waals surface area (Å²) in [6, 6.07) is 12.6. The predicted octanol–water partition coefficient (Wildman–Crippen LogP) is 6.77. The van der Waals surface area contributed by atoms with Crippen LogP contribution in [0.15, 0.2) is 48.2 Å². The van der Waals surface area contributed by atoms with Crippen molar-refractivity contribution in [2.75, 3.05) is 19.0 Å². The van der Waals surface area contributed by atoms with Crippen LogP contribution in [0.2, 0.25) is 10.0 Å². The molecule has 0 radical (unpaired) electrons. The number of carbonyl (C=O) groups is 1. The Morgan fingerprint density at radius 2 is 2.09 bits per heavy atom. The summed E-state index contributed by atoms with van der Waals surface area (Å²) in [7, 11) is 1.55. The third-order valence-electron chi connectivity index (χ3n) is 4.79. The van der Waals surface area contributed by atoms with Gasteiger partial charge in [0.2, 0.25) is 0 Å². The molecule has 0 spiro atoms. The van der Waals surface area contributed by atoms with Gasteiger partial charge in [-0.1, -0.05) is 54.7 Å². The van der Waals surface area contributed by atoms with Gasteiger partial charge >= 0.3 is 0 Å². The quantitative estimate of drug-likeness (QED) is 0.183. The van der Waals surface area contributed by atoms with Crippen LogP contribution in [0.1, 0.15) is 35.8 Å². The van der Waals surface area contributed by atoms with Crippen LogP contribution in [0.5, 0.6) is 11.5 Å². The van der Waals surface area contributed by atoms with Gasteiger partial charge in [-0.3, -0.25) is 10.1 Å². The first kappa shape index (κ1) is 25.6. The Hall–Kier alpha value is -3.05. The fourth-order valence-corrected chi connectivity index (χ4v) is 4.24. The number of nitriles is 1. The van der Waals surface area contributed by atoms with E-state index in [-0.39, 0.29) is 5.57 Å². The Bertz CT molecular complexity index is 1230. The number of unbranched alkanes of at least 4 members (excludes halogenated alkanes) is 1. The first-order valence-electron chi connectivity index (χ1n) is 10.6. The molecular weight excluding hydrogens is 493 g/mol. The van der Waals surface area contributed by atoms with E-state index in [2.05, 4.69) is 17.2 Å². The summed E-state index contributed by atoms with van der Waals surface area (Å²) in [4.78, 5) is 17.8. The summed E-state index contributed by atoms with van der Waals surface area (Å²) in [6.45, 7) is 2.68. The van der Waals surface area contributed by atoms with E-state index in [1.54, 1.807) is 37.6 Å². The molecule has 2 aromatic carbocycles. The molecule has 0 bridgehead atoms. The molecule has 0 saturated carbocycles. The minimum Gasteiger partial charge on any atom is -0.493 e. The summed E-state index contributed by atoms with van der Waals surface area (Å²) in [5, 5.41) is 13.6. The zero-order valence-electron chi connectivity index (χ0n) is 18.7. The van der Waals surface area contributed by atoms with Crippen LogP contribution < -0.4 is 14.8 Å². The van der Waals surface area contributed by atoms with Crippen molar-refractivity contribution >= 4 is 51.7 Å². The van der Waals surface area contributed by atoms with Crippen LogP contribution in [-0.4, -0.2) is 24.6 Å². The third kappa shape index (κ3) is 6.73. The van der Waals surface area contributed by atoms with Crippen molar-refractivity contribution in [2.45, 2.75) is 26.2 Å². The lowest BCUT2D eigenvalue weighted by molar-refractivity contribution is -0.112. The molecule has 0 saturated heterocycles. The highest BCUT2D eigenvalue weighted by Crippen LogP contribution is 2.31. The number of methoxy groups -OCH3 is 1. The second-order valence-electron chi connectivity index (χ2n) is 7.26. The van der Waals surface area contributed by atoms with Gasteiger partial charge in [-0.05, 0) is 41.8 Å². The Morgan fingerprint density at radius 3 is 2.82 bits per heavy atom. The Balaban J connectivity index is 1.70. The highest BCUT2D eigenvalue weighted by molar-refractivity contribution is 7.15. The zero-order chi connectivity index (χ0) is 24.5. The minimum absolute atomic E-state index is 0.0589. The molecule has 0 aliphatic rings. The third-order valence-corrected chi connectivity index (χ3v) is 6.56. The average molecular weight is 516 g/mol. The number of ether oxygens (including phenoxy) is 2. The van der Waals surface area contributed by atoms with Crippen molar-refractivity contribution in [1.29, 1.82) is 5.26 Å². The highest BCUT2D eigenvalue weighted by Gasteiger charge is 2.14. The van der Waals surface area contributed by atoms with Crippen LogP contribution in [0.4, 0.5) is 5.13 Å². The SMILES string of the molecule is CCCCOc1ccc(/C=C(\C#N)C(=O)Nc2ncc(Cc3cccc(Cl)c3Cl)s2)cc1OC. The molecule has 9 heteroatoms. The highest BCUT2D eigenvalue weighted by atomic mass is 35.5. The molecule has 176 valence electrons. The first-order valence-corrected chi connectivity index (χ1v) is 12.1. The Morgan fingerprint density at radius 1 is 1.26 bits per heavy atom. The van der Waals surface area contributed by atoms with E-state index in [4.69, 9.17) is 32.7 Å². The van der Waals surface area contributed by atoms with Crippen LogP contribution in [0, 0.1) is 11.3 Å². The maximum Gasteiger partial charge on any atom is 0.268 e. The topological polar surface area (TPSA) is 84.2 Å². The van der Waals surface area contributed by atoms with Crippen LogP contribution in [-0.2, 0) is 11.2 Å². The number of carbonyl (C=O) groups excluding carboxylic acids is 1. The molecule has 0 fully saturated rings. The van der Waals surface area contributed by atoms with Crippen molar-refractivity contribution in [3.63, 3.8) is 0 Å². The maximum absolute atomic E-state index is 12.7. The number of halogens is 2. The van der Waals surface area contributed by atoms with E-state index in [1.165, 1.54) is 17.4 Å². The van der Waals surface area contributed by atoms with Crippen molar-refractivity contribution in [3.05, 3.63) is 74.2 Å². The largest absolute Gasteiger partial charge is 0.493 e. The number of rotatable bonds is 10. The molecule has 3 aromatic rings. The van der Waals surface area contributed by atoms with Crippen molar-refractivity contribution < 1.29 is 14.3 Å². The summed E-state index contributed by atoms with van der Waals surface area (Å²) >= 11 is 13.6. The number of amides is 1. The molecule has 1 heterocycles. The van der Waals surface area contributed by atoms with Gasteiger partial charge in [0.15, 0.2) is 16.6 Å². The van der Waals surface area contributed by atoms with Crippen molar-refractivity contribution in [1.82, 2.24) is 4.98 Å². The molecule has 0 aliphatic heterocycles. The monoisotopic (exact) mass is 515 g/mol. The van der Waals surface area contributed by atoms with E-state index < -0.39 is 5.91 Å². The molecule has 34 heavy (non-hydrogen) atoms. The van der Waals surface area contributed by atoms with E-state index in [9.17, 15) is 10.1 Å². The van der Waals surface area contributed by atoms with Crippen molar-refractivity contribution in [3.8, 4) is 17.6 Å². The maximum atomic E-state index is 12.7. The summed E-state index contributed by atoms with van der Waals surface area (Å²) in [5.74, 6) is 0.601.